The molecule has 0 unspecified atom stereocenters. The Bertz CT molecular complexity index is 2430. The predicted octanol–water partition coefficient (Wildman–Crippen LogP) is 8.95. The highest BCUT2D eigenvalue weighted by molar-refractivity contribution is 6.22. The second kappa shape index (κ2) is 8.01. The Morgan fingerprint density at radius 2 is 1.07 bits per heavy atom. The van der Waals surface area contributed by atoms with E-state index in [0.29, 0.717) is 0 Å². The zero-order valence-corrected chi connectivity index (χ0v) is 21.5. The highest BCUT2D eigenvalue weighted by Gasteiger charge is 2.19. The van der Waals surface area contributed by atoms with Crippen molar-refractivity contribution in [2.45, 2.75) is 0 Å². The number of fused-ring (bicyclic) bond motifs is 12. The van der Waals surface area contributed by atoms with Gasteiger partial charge in [-0.2, -0.15) is 0 Å². The molecule has 0 radical (unpaired) electrons. The van der Waals surface area contributed by atoms with E-state index < -0.39 is 0 Å². The van der Waals surface area contributed by atoms with Crippen LogP contribution in [0, 0.1) is 0 Å². The van der Waals surface area contributed by atoms with E-state index in [1.165, 1.54) is 54.4 Å². The Morgan fingerprint density at radius 3 is 1.88 bits per heavy atom. The monoisotopic (exact) mass is 510 g/mol. The molecule has 0 aliphatic carbocycles. The largest absolute Gasteiger partial charge is 0.309 e. The molecular formula is C36H22N4. The Balaban J connectivity index is 1.48. The van der Waals surface area contributed by atoms with Crippen molar-refractivity contribution in [3.63, 3.8) is 0 Å². The minimum Gasteiger partial charge on any atom is -0.309 e. The van der Waals surface area contributed by atoms with Crippen LogP contribution in [0.2, 0.25) is 0 Å². The quantitative estimate of drug-likeness (QED) is 0.218. The average Bonchev–Trinajstić information content (AvgIpc) is 3.59. The normalized spacial score (nSPS) is 12.0. The van der Waals surface area contributed by atoms with Crippen molar-refractivity contribution in [2.24, 2.45) is 0 Å². The first kappa shape index (κ1) is 21.5. The molecule has 0 saturated carbocycles. The summed E-state index contributed by atoms with van der Waals surface area (Å²) in [6.45, 7) is 0. The van der Waals surface area contributed by atoms with Gasteiger partial charge >= 0.3 is 0 Å². The summed E-state index contributed by atoms with van der Waals surface area (Å²) < 4.78 is 4.75. The van der Waals surface area contributed by atoms with Gasteiger partial charge < -0.3 is 4.40 Å². The van der Waals surface area contributed by atoms with E-state index in [1.54, 1.807) is 0 Å². The second-order valence-electron chi connectivity index (χ2n) is 10.3. The summed E-state index contributed by atoms with van der Waals surface area (Å²) in [7, 11) is 0. The van der Waals surface area contributed by atoms with Gasteiger partial charge in [0.1, 0.15) is 5.82 Å². The fourth-order valence-corrected chi connectivity index (χ4v) is 6.48. The highest BCUT2D eigenvalue weighted by Crippen LogP contribution is 2.40. The number of para-hydroxylation sites is 2. The Labute approximate surface area is 229 Å². The lowest BCUT2D eigenvalue weighted by atomic mass is 10.1. The van der Waals surface area contributed by atoms with Crippen molar-refractivity contribution in [3.8, 4) is 17.2 Å². The van der Waals surface area contributed by atoms with E-state index in [0.717, 1.165) is 22.7 Å². The summed E-state index contributed by atoms with van der Waals surface area (Å²) in [6, 6.07) is 45.1. The van der Waals surface area contributed by atoms with E-state index in [9.17, 15) is 0 Å². The van der Waals surface area contributed by atoms with Crippen molar-refractivity contribution in [3.05, 3.63) is 134 Å². The summed E-state index contributed by atoms with van der Waals surface area (Å²) in [5, 5.41) is 7.43. The molecule has 4 aromatic carbocycles. The van der Waals surface area contributed by atoms with E-state index in [4.69, 9.17) is 4.98 Å². The van der Waals surface area contributed by atoms with Gasteiger partial charge in [-0.15, -0.1) is 0 Å². The summed E-state index contributed by atoms with van der Waals surface area (Å²) in [5.74, 6) is 0.881. The Morgan fingerprint density at radius 1 is 0.425 bits per heavy atom. The standard InChI is InChI=1S/C36H22N4/c1-2-12-25-23(10-1)24-11-3-5-16-31(24)39-33-20-19-27-26-13-4-6-17-32(26)40(36(27)28(33)22-34(25)39)35-18-9-15-30(38-35)29-14-7-8-21-37-29/h1-22H. The maximum Gasteiger partial charge on any atom is 0.138 e. The lowest BCUT2D eigenvalue weighted by Crippen LogP contribution is -1.99. The number of hydrogen-bond donors (Lipinski definition) is 0. The number of hydrogen-bond acceptors (Lipinski definition) is 2. The Kier molecular flexibility index (Phi) is 4.30. The van der Waals surface area contributed by atoms with Crippen molar-refractivity contribution >= 4 is 59.9 Å². The molecule has 9 rings (SSSR count). The van der Waals surface area contributed by atoms with Gasteiger partial charge in [-0.05, 0) is 53.9 Å². The van der Waals surface area contributed by atoms with E-state index >= 15 is 0 Å². The predicted molar refractivity (Wildman–Crippen MR) is 165 cm³/mol. The molecular weight excluding hydrogens is 488 g/mol. The third-order valence-electron chi connectivity index (χ3n) is 8.14. The molecule has 0 N–H and O–H groups in total. The van der Waals surface area contributed by atoms with E-state index in [1.807, 2.05) is 30.5 Å². The van der Waals surface area contributed by atoms with Crippen LogP contribution in [0.3, 0.4) is 0 Å². The maximum atomic E-state index is 5.14. The fraction of sp³-hybridized carbons (Fsp3) is 0. The first-order valence-electron chi connectivity index (χ1n) is 13.5. The van der Waals surface area contributed by atoms with Crippen LogP contribution in [0.15, 0.2) is 134 Å². The lowest BCUT2D eigenvalue weighted by molar-refractivity contribution is 1.08. The van der Waals surface area contributed by atoms with Crippen molar-refractivity contribution in [1.82, 2.24) is 18.9 Å². The van der Waals surface area contributed by atoms with Gasteiger partial charge in [-0.1, -0.05) is 78.9 Å². The topological polar surface area (TPSA) is 35.1 Å². The first-order chi connectivity index (χ1) is 19.9. The molecule has 186 valence electrons. The number of pyridine rings is 3. The summed E-state index contributed by atoms with van der Waals surface area (Å²) in [4.78, 5) is 9.70. The maximum absolute atomic E-state index is 5.14. The number of aromatic nitrogens is 4. The van der Waals surface area contributed by atoms with Crippen molar-refractivity contribution in [1.29, 1.82) is 0 Å². The average molecular weight is 511 g/mol. The van der Waals surface area contributed by atoms with Crippen LogP contribution in [0.5, 0.6) is 0 Å². The van der Waals surface area contributed by atoms with Crippen LogP contribution in [-0.2, 0) is 0 Å². The summed E-state index contributed by atoms with van der Waals surface area (Å²) in [5.41, 5.74) is 7.64. The molecule has 0 amide bonds. The van der Waals surface area contributed by atoms with Crippen molar-refractivity contribution in [2.75, 3.05) is 0 Å². The Hall–Kier alpha value is -5.48. The molecule has 4 heteroatoms. The molecule has 0 saturated heterocycles. The second-order valence-corrected chi connectivity index (χ2v) is 10.3. The molecule has 0 spiro atoms. The van der Waals surface area contributed by atoms with Gasteiger partial charge in [0.25, 0.3) is 0 Å². The highest BCUT2D eigenvalue weighted by atomic mass is 15.1. The van der Waals surface area contributed by atoms with Crippen LogP contribution >= 0.6 is 0 Å². The molecule has 40 heavy (non-hydrogen) atoms. The van der Waals surface area contributed by atoms with Gasteiger partial charge in [0, 0.05) is 33.1 Å². The lowest BCUT2D eigenvalue weighted by Gasteiger charge is -2.10. The van der Waals surface area contributed by atoms with Crippen LogP contribution in [0.4, 0.5) is 0 Å². The zero-order chi connectivity index (χ0) is 26.2. The van der Waals surface area contributed by atoms with Crippen LogP contribution < -0.4 is 0 Å². The van der Waals surface area contributed by atoms with Crippen LogP contribution in [0.25, 0.3) is 77.1 Å². The first-order valence-corrected chi connectivity index (χ1v) is 13.5. The molecule has 0 fully saturated rings. The van der Waals surface area contributed by atoms with Gasteiger partial charge in [0.15, 0.2) is 0 Å². The van der Waals surface area contributed by atoms with Gasteiger partial charge in [0.2, 0.25) is 0 Å². The smallest absolute Gasteiger partial charge is 0.138 e. The van der Waals surface area contributed by atoms with Gasteiger partial charge in [0.05, 0.1) is 39.0 Å². The third-order valence-corrected chi connectivity index (χ3v) is 8.14. The summed E-state index contributed by atoms with van der Waals surface area (Å²) >= 11 is 0. The van der Waals surface area contributed by atoms with Crippen LogP contribution in [0.1, 0.15) is 0 Å². The van der Waals surface area contributed by atoms with E-state index in [-0.39, 0.29) is 0 Å². The molecule has 0 bridgehead atoms. The minimum atomic E-state index is 0.857. The molecule has 4 nitrogen and oxygen atoms in total. The SMILES string of the molecule is c1ccc(-c2cccc(-n3c4ccccc4c4ccc5c(cc6c7ccccc7c7ccccc7n65)c43)n2)nc1. The fourth-order valence-electron chi connectivity index (χ4n) is 6.48. The molecule has 0 aliphatic rings. The van der Waals surface area contributed by atoms with Gasteiger partial charge in [-0.3, -0.25) is 9.55 Å². The number of nitrogens with zero attached hydrogens (tertiary/aromatic N) is 4. The van der Waals surface area contributed by atoms with Gasteiger partial charge in [-0.25, -0.2) is 4.98 Å². The molecule has 0 aliphatic heterocycles. The van der Waals surface area contributed by atoms with E-state index in [2.05, 4.69) is 117 Å². The number of rotatable bonds is 2. The zero-order valence-electron chi connectivity index (χ0n) is 21.5. The summed E-state index contributed by atoms with van der Waals surface area (Å²) in [6.07, 6.45) is 1.81. The molecule has 5 aromatic heterocycles. The third kappa shape index (κ3) is 2.85. The molecule has 9 aromatic rings. The van der Waals surface area contributed by atoms with Crippen LogP contribution in [-0.4, -0.2) is 18.9 Å². The van der Waals surface area contributed by atoms with Crippen molar-refractivity contribution < 1.29 is 0 Å². The minimum absolute atomic E-state index is 0.857. The molecule has 5 heterocycles. The molecule has 0 atom stereocenters. The number of benzene rings is 4.